The van der Waals surface area contributed by atoms with Gasteiger partial charge in [0.25, 0.3) is 0 Å². The Morgan fingerprint density at radius 3 is 2.26 bits per heavy atom. The Morgan fingerprint density at radius 1 is 1.10 bits per heavy atom. The van der Waals surface area contributed by atoms with E-state index < -0.39 is 46.4 Å². The van der Waals surface area contributed by atoms with Crippen LogP contribution in [0.2, 0.25) is 0 Å². The molecule has 1 aliphatic heterocycles. The molecule has 1 atom stereocenters. The molecule has 0 radical (unpaired) electrons. The zero-order valence-corrected chi connectivity index (χ0v) is 18.6. The van der Waals surface area contributed by atoms with Crippen LogP contribution in [0.3, 0.4) is 0 Å². The Bertz CT molecular complexity index is 979. The maximum Gasteiger partial charge on any atom is 0.511 e. The van der Waals surface area contributed by atoms with Crippen LogP contribution in [0.5, 0.6) is 0 Å². The number of benzene rings is 1. The normalized spacial score (nSPS) is 23.3. The summed E-state index contributed by atoms with van der Waals surface area (Å²) < 4.78 is 71.4. The van der Waals surface area contributed by atoms with E-state index in [2.05, 4.69) is 0 Å². The fraction of sp³-hybridized carbons (Fsp3) is 0.667. The number of amides is 1. The number of anilines is 1. The molecule has 0 N–H and O–H groups in total. The van der Waals surface area contributed by atoms with Crippen molar-refractivity contribution in [2.45, 2.75) is 76.1 Å². The fourth-order valence-corrected chi connectivity index (χ4v) is 5.13. The highest BCUT2D eigenvalue weighted by Gasteiger charge is 2.54. The third-order valence-electron chi connectivity index (χ3n) is 5.91. The highest BCUT2D eigenvalue weighted by Crippen LogP contribution is 2.48. The van der Waals surface area contributed by atoms with Crippen molar-refractivity contribution in [2.75, 3.05) is 11.4 Å². The van der Waals surface area contributed by atoms with Crippen molar-refractivity contribution in [3.63, 3.8) is 0 Å². The molecule has 0 aromatic heterocycles. The first-order chi connectivity index (χ1) is 14.3. The van der Waals surface area contributed by atoms with Crippen LogP contribution < -0.4 is 4.90 Å². The number of hydrogen-bond donors (Lipinski definition) is 0. The van der Waals surface area contributed by atoms with E-state index in [1.54, 1.807) is 32.9 Å². The molecule has 2 fully saturated rings. The fourth-order valence-electron chi connectivity index (χ4n) is 4.19. The van der Waals surface area contributed by atoms with Crippen molar-refractivity contribution in [1.29, 1.82) is 0 Å². The molecule has 31 heavy (non-hydrogen) atoms. The molecule has 4 rings (SSSR count). The topological polar surface area (TPSA) is 66.9 Å². The molecule has 0 saturated heterocycles. The Balaban J connectivity index is 1.86. The number of fused-ring (bicyclic) bond motifs is 1. The molecule has 1 aromatic carbocycles. The molecule has 1 aromatic rings. The molecule has 0 bridgehead atoms. The summed E-state index contributed by atoms with van der Waals surface area (Å²) in [4.78, 5) is 14.6. The van der Waals surface area contributed by atoms with Gasteiger partial charge in [0.1, 0.15) is 5.60 Å². The lowest BCUT2D eigenvalue weighted by Crippen LogP contribution is -2.50. The summed E-state index contributed by atoms with van der Waals surface area (Å²) in [5.41, 5.74) is -4.48. The number of hydrogen-bond acceptors (Lipinski definition) is 4. The minimum absolute atomic E-state index is 0.0750. The van der Waals surface area contributed by atoms with Gasteiger partial charge in [-0.2, -0.15) is 17.5 Å². The van der Waals surface area contributed by atoms with Crippen LogP contribution in [-0.2, 0) is 21.3 Å². The predicted octanol–water partition coefficient (Wildman–Crippen LogP) is 4.75. The Morgan fingerprint density at radius 2 is 1.74 bits per heavy atom. The van der Waals surface area contributed by atoms with E-state index in [4.69, 9.17) is 4.74 Å². The highest BCUT2D eigenvalue weighted by molar-refractivity contribution is 7.89. The number of ether oxygens (including phenoxy) is 1. The van der Waals surface area contributed by atoms with E-state index in [0.29, 0.717) is 15.6 Å². The first-order valence-corrected chi connectivity index (χ1v) is 11.9. The van der Waals surface area contributed by atoms with Gasteiger partial charge in [-0.25, -0.2) is 13.2 Å². The van der Waals surface area contributed by atoms with Gasteiger partial charge in [0.15, 0.2) is 0 Å². The van der Waals surface area contributed by atoms with Gasteiger partial charge in [-0.1, -0.05) is 12.1 Å². The number of nitrogens with zero attached hydrogens (tertiary/aromatic N) is 2. The van der Waals surface area contributed by atoms with Crippen LogP contribution in [0.4, 0.5) is 23.7 Å². The summed E-state index contributed by atoms with van der Waals surface area (Å²) in [6.07, 6.45) is 2.56. The second-order valence-corrected chi connectivity index (χ2v) is 11.5. The second kappa shape index (κ2) is 7.37. The average Bonchev–Trinajstić information content (AvgIpc) is 3.52. The SMILES string of the molecule is CC(C)(C)OC(=O)N1c2cccc(C3CC3)c2CN(S(=O)(=O)C(F)(F)F)CC1C1CC1. The standard InChI is InChI=1S/C21H27F3N2O4S/c1-20(2,3)30-19(27)26-17-6-4-5-15(13-7-8-13)16(17)11-25(12-18(26)14-9-10-14)31(28,29)21(22,23)24/h4-6,13-14,18H,7-12H2,1-3H3. The van der Waals surface area contributed by atoms with Crippen LogP contribution in [0.15, 0.2) is 18.2 Å². The second-order valence-electron chi connectivity index (χ2n) is 9.62. The van der Waals surface area contributed by atoms with Gasteiger partial charge in [0.2, 0.25) is 0 Å². The lowest BCUT2D eigenvalue weighted by molar-refractivity contribution is -0.0492. The summed E-state index contributed by atoms with van der Waals surface area (Å²) >= 11 is 0. The Hall–Kier alpha value is -1.81. The highest BCUT2D eigenvalue weighted by atomic mass is 32.2. The minimum Gasteiger partial charge on any atom is -0.443 e. The summed E-state index contributed by atoms with van der Waals surface area (Å²) in [5, 5.41) is 0. The van der Waals surface area contributed by atoms with Crippen molar-refractivity contribution in [2.24, 2.45) is 5.92 Å². The average molecular weight is 461 g/mol. The Kier molecular flexibility index (Phi) is 5.32. The van der Waals surface area contributed by atoms with Gasteiger partial charge in [0.05, 0.1) is 11.7 Å². The van der Waals surface area contributed by atoms with Gasteiger partial charge in [-0.3, -0.25) is 4.90 Å². The quantitative estimate of drug-likeness (QED) is 0.653. The van der Waals surface area contributed by atoms with Crippen LogP contribution in [0.1, 0.15) is 63.5 Å². The zero-order chi connectivity index (χ0) is 22.8. The van der Waals surface area contributed by atoms with Gasteiger partial charge >= 0.3 is 21.6 Å². The van der Waals surface area contributed by atoms with Crippen LogP contribution in [-0.4, -0.2) is 42.5 Å². The molecule has 10 heteroatoms. The maximum atomic E-state index is 13.5. The van der Waals surface area contributed by atoms with Crippen LogP contribution in [0.25, 0.3) is 0 Å². The molecule has 1 unspecified atom stereocenters. The molecule has 3 aliphatic rings. The van der Waals surface area contributed by atoms with E-state index in [9.17, 15) is 26.4 Å². The van der Waals surface area contributed by atoms with Crippen molar-refractivity contribution in [3.05, 3.63) is 29.3 Å². The molecular formula is C21H27F3N2O4S. The predicted molar refractivity (Wildman–Crippen MR) is 109 cm³/mol. The molecule has 2 saturated carbocycles. The molecule has 2 aliphatic carbocycles. The summed E-state index contributed by atoms with van der Waals surface area (Å²) in [6.45, 7) is 4.33. The summed E-state index contributed by atoms with van der Waals surface area (Å²) in [6, 6.07) is 4.56. The lowest BCUT2D eigenvalue weighted by Gasteiger charge is -2.34. The van der Waals surface area contributed by atoms with Crippen molar-refractivity contribution < 1.29 is 31.1 Å². The number of halogens is 3. The van der Waals surface area contributed by atoms with E-state index in [0.717, 1.165) is 31.2 Å². The van der Waals surface area contributed by atoms with E-state index in [1.165, 1.54) is 4.90 Å². The molecule has 1 heterocycles. The number of alkyl halides is 3. The van der Waals surface area contributed by atoms with Gasteiger partial charge in [-0.15, -0.1) is 0 Å². The lowest BCUT2D eigenvalue weighted by atomic mass is 10.00. The third kappa shape index (κ3) is 4.41. The van der Waals surface area contributed by atoms with Crippen molar-refractivity contribution in [3.8, 4) is 0 Å². The summed E-state index contributed by atoms with van der Waals surface area (Å²) in [5.74, 6) is 0.0948. The molecule has 6 nitrogen and oxygen atoms in total. The van der Waals surface area contributed by atoms with Crippen molar-refractivity contribution in [1.82, 2.24) is 4.31 Å². The van der Waals surface area contributed by atoms with E-state index in [-0.39, 0.29) is 11.8 Å². The molecule has 172 valence electrons. The van der Waals surface area contributed by atoms with Crippen LogP contribution in [0, 0.1) is 5.92 Å². The monoisotopic (exact) mass is 460 g/mol. The maximum absolute atomic E-state index is 13.5. The van der Waals surface area contributed by atoms with Gasteiger partial charge < -0.3 is 4.74 Å². The third-order valence-corrected chi connectivity index (χ3v) is 7.45. The first kappa shape index (κ1) is 22.4. The molecule has 0 spiro atoms. The van der Waals surface area contributed by atoms with Crippen LogP contribution >= 0.6 is 0 Å². The number of sulfonamides is 1. The minimum atomic E-state index is -5.56. The summed E-state index contributed by atoms with van der Waals surface area (Å²) in [7, 11) is -5.56. The van der Waals surface area contributed by atoms with E-state index in [1.807, 2.05) is 6.07 Å². The Labute approximate surface area is 180 Å². The van der Waals surface area contributed by atoms with Gasteiger partial charge in [-0.05, 0) is 75.5 Å². The molecular weight excluding hydrogens is 433 g/mol. The first-order valence-electron chi connectivity index (χ1n) is 10.5. The zero-order valence-electron chi connectivity index (χ0n) is 17.8. The number of carbonyl (C=O) groups excluding carboxylic acids is 1. The number of rotatable bonds is 3. The largest absolute Gasteiger partial charge is 0.511 e. The number of carbonyl (C=O) groups is 1. The molecule has 1 amide bonds. The van der Waals surface area contributed by atoms with E-state index >= 15 is 0 Å². The van der Waals surface area contributed by atoms with Gasteiger partial charge in [0, 0.05) is 13.1 Å². The smallest absolute Gasteiger partial charge is 0.443 e. The van der Waals surface area contributed by atoms with Crippen molar-refractivity contribution >= 4 is 21.8 Å².